The minimum atomic E-state index is -1.29. The van der Waals surface area contributed by atoms with Crippen LogP contribution >= 0.6 is 0 Å². The SMILES string of the molecule is CCCCCCCC/C=C\CCCCCCCCC(O)(CO)COCC(O)(CO)CCCCCCCC/C=C\CCCCCCCC. The first kappa shape index (κ1) is 46.3. The molecule has 0 aromatic carbocycles. The minimum Gasteiger partial charge on any atom is -0.393 e. The van der Waals surface area contributed by atoms with Crippen molar-refractivity contribution in [1.82, 2.24) is 0 Å². The summed E-state index contributed by atoms with van der Waals surface area (Å²) in [5, 5.41) is 41.2. The van der Waals surface area contributed by atoms with Crippen LogP contribution in [0.1, 0.15) is 206 Å². The van der Waals surface area contributed by atoms with Gasteiger partial charge >= 0.3 is 0 Å². The fraction of sp³-hybridized carbons (Fsp3) is 0.905. The molecule has 0 spiro atoms. The highest BCUT2D eigenvalue weighted by Crippen LogP contribution is 2.21. The second kappa shape index (κ2) is 35.1. The Kier molecular flexibility index (Phi) is 34.6. The predicted octanol–water partition coefficient (Wildman–Crippen LogP) is 11.3. The molecule has 0 saturated heterocycles. The third-order valence-corrected chi connectivity index (χ3v) is 9.64. The van der Waals surface area contributed by atoms with Gasteiger partial charge in [0.05, 0.1) is 26.4 Å². The first-order valence-corrected chi connectivity index (χ1v) is 20.5. The van der Waals surface area contributed by atoms with E-state index >= 15 is 0 Å². The molecule has 0 saturated carbocycles. The lowest BCUT2D eigenvalue weighted by Crippen LogP contribution is -2.43. The molecular weight excluding hydrogens is 584 g/mol. The van der Waals surface area contributed by atoms with Crippen molar-refractivity contribution in [3.8, 4) is 0 Å². The molecule has 0 bridgehead atoms. The first-order valence-electron chi connectivity index (χ1n) is 20.5. The molecule has 0 aliphatic rings. The second-order valence-corrected chi connectivity index (χ2v) is 14.6. The van der Waals surface area contributed by atoms with E-state index in [-0.39, 0.29) is 26.4 Å². The topological polar surface area (TPSA) is 90.2 Å². The van der Waals surface area contributed by atoms with Crippen molar-refractivity contribution in [3.63, 3.8) is 0 Å². The van der Waals surface area contributed by atoms with Gasteiger partial charge in [-0.05, 0) is 64.2 Å². The van der Waals surface area contributed by atoms with Gasteiger partial charge in [-0.2, -0.15) is 0 Å². The maximum absolute atomic E-state index is 10.8. The maximum atomic E-state index is 10.8. The predicted molar refractivity (Wildman–Crippen MR) is 203 cm³/mol. The van der Waals surface area contributed by atoms with Crippen molar-refractivity contribution in [2.24, 2.45) is 0 Å². The molecule has 0 radical (unpaired) electrons. The lowest BCUT2D eigenvalue weighted by atomic mass is 9.95. The van der Waals surface area contributed by atoms with E-state index in [1.54, 1.807) is 0 Å². The molecule has 0 aliphatic carbocycles. The molecule has 0 fully saturated rings. The Morgan fingerprint density at radius 3 is 0.915 bits per heavy atom. The summed E-state index contributed by atoms with van der Waals surface area (Å²) in [5.74, 6) is 0. The van der Waals surface area contributed by atoms with Gasteiger partial charge < -0.3 is 25.2 Å². The quantitative estimate of drug-likeness (QED) is 0.0389. The summed E-state index contributed by atoms with van der Waals surface area (Å²) in [7, 11) is 0. The Morgan fingerprint density at radius 2 is 0.638 bits per heavy atom. The van der Waals surface area contributed by atoms with E-state index in [1.165, 1.54) is 141 Å². The molecule has 0 heterocycles. The number of allylic oxidation sites excluding steroid dienone is 4. The van der Waals surface area contributed by atoms with Gasteiger partial charge in [0.2, 0.25) is 0 Å². The van der Waals surface area contributed by atoms with Crippen LogP contribution in [0.4, 0.5) is 0 Å². The van der Waals surface area contributed by atoms with Crippen molar-refractivity contribution in [2.45, 2.75) is 218 Å². The van der Waals surface area contributed by atoms with Crippen molar-refractivity contribution < 1.29 is 25.2 Å². The maximum Gasteiger partial charge on any atom is 0.111 e. The largest absolute Gasteiger partial charge is 0.393 e. The number of ether oxygens (including phenoxy) is 1. The fourth-order valence-corrected chi connectivity index (χ4v) is 6.23. The van der Waals surface area contributed by atoms with Gasteiger partial charge in [0.15, 0.2) is 0 Å². The summed E-state index contributed by atoms with van der Waals surface area (Å²) < 4.78 is 5.67. The van der Waals surface area contributed by atoms with E-state index in [0.717, 1.165) is 38.5 Å². The Bertz CT molecular complexity index is 624. The molecule has 2 unspecified atom stereocenters. The van der Waals surface area contributed by atoms with Crippen LogP contribution < -0.4 is 0 Å². The van der Waals surface area contributed by atoms with E-state index in [1.807, 2.05) is 0 Å². The second-order valence-electron chi connectivity index (χ2n) is 14.6. The van der Waals surface area contributed by atoms with Crippen molar-refractivity contribution in [3.05, 3.63) is 24.3 Å². The summed E-state index contributed by atoms with van der Waals surface area (Å²) in [6.45, 7) is 3.77. The van der Waals surface area contributed by atoms with Gasteiger partial charge in [0.25, 0.3) is 0 Å². The average Bonchev–Trinajstić information content (AvgIpc) is 3.08. The molecule has 0 amide bonds. The van der Waals surface area contributed by atoms with Crippen molar-refractivity contribution >= 4 is 0 Å². The Morgan fingerprint density at radius 1 is 0.383 bits per heavy atom. The van der Waals surface area contributed by atoms with Crippen LogP contribution in [0.5, 0.6) is 0 Å². The number of hydrogen-bond acceptors (Lipinski definition) is 5. The van der Waals surface area contributed by atoms with E-state index in [9.17, 15) is 20.4 Å². The van der Waals surface area contributed by atoms with Gasteiger partial charge in [-0.15, -0.1) is 0 Å². The van der Waals surface area contributed by atoms with E-state index in [0.29, 0.717) is 12.8 Å². The number of unbranched alkanes of at least 4 members (excludes halogenated alkanes) is 24. The smallest absolute Gasteiger partial charge is 0.111 e. The summed E-state index contributed by atoms with van der Waals surface area (Å²) in [4.78, 5) is 0. The molecule has 0 aliphatic heterocycles. The van der Waals surface area contributed by atoms with Gasteiger partial charge in [-0.3, -0.25) is 0 Å². The summed E-state index contributed by atoms with van der Waals surface area (Å²) in [6, 6.07) is 0. The molecule has 5 nitrogen and oxygen atoms in total. The van der Waals surface area contributed by atoms with E-state index < -0.39 is 11.2 Å². The molecule has 0 aromatic heterocycles. The fourth-order valence-electron chi connectivity index (χ4n) is 6.23. The highest BCUT2D eigenvalue weighted by atomic mass is 16.5. The first-order chi connectivity index (χ1) is 22.9. The standard InChI is InChI=1S/C42H82O5/c1-3-5-7-9-11-13-15-17-19-21-23-25-27-29-31-33-35-41(45,37-43)39-47-40-42(46,38-44)36-34-32-30-28-26-24-22-20-18-16-14-12-10-8-6-4-2/h17-20,43-46H,3-16,21-40H2,1-2H3/b19-17-,20-18-. The molecule has 47 heavy (non-hydrogen) atoms. The number of aliphatic hydroxyl groups is 4. The van der Waals surface area contributed by atoms with Gasteiger partial charge in [0, 0.05) is 0 Å². The van der Waals surface area contributed by atoms with Crippen LogP contribution in [0.15, 0.2) is 24.3 Å². The van der Waals surface area contributed by atoms with Gasteiger partial charge in [0.1, 0.15) is 11.2 Å². The zero-order valence-corrected chi connectivity index (χ0v) is 31.5. The van der Waals surface area contributed by atoms with Crippen LogP contribution in [0.25, 0.3) is 0 Å². The van der Waals surface area contributed by atoms with Crippen LogP contribution in [-0.4, -0.2) is 58.1 Å². The molecular formula is C42H82O5. The average molecular weight is 667 g/mol. The summed E-state index contributed by atoms with van der Waals surface area (Å²) in [5.41, 5.74) is -2.58. The lowest BCUT2D eigenvalue weighted by molar-refractivity contribution is -0.129. The summed E-state index contributed by atoms with van der Waals surface area (Å²) >= 11 is 0. The Hall–Kier alpha value is -0.720. The Balaban J connectivity index is 3.79. The van der Waals surface area contributed by atoms with Crippen molar-refractivity contribution in [1.29, 1.82) is 0 Å². The third kappa shape index (κ3) is 32.3. The van der Waals surface area contributed by atoms with Gasteiger partial charge in [-0.1, -0.05) is 167 Å². The van der Waals surface area contributed by atoms with Crippen LogP contribution in [0.3, 0.4) is 0 Å². The molecule has 0 rings (SSSR count). The van der Waals surface area contributed by atoms with E-state index in [4.69, 9.17) is 4.74 Å². The zero-order valence-electron chi connectivity index (χ0n) is 31.5. The highest BCUT2D eigenvalue weighted by molar-refractivity contribution is 4.83. The number of rotatable bonds is 38. The van der Waals surface area contributed by atoms with Crippen LogP contribution in [0.2, 0.25) is 0 Å². The monoisotopic (exact) mass is 667 g/mol. The molecule has 2 atom stereocenters. The minimum absolute atomic E-state index is 0.0235. The van der Waals surface area contributed by atoms with Gasteiger partial charge in [-0.25, -0.2) is 0 Å². The normalized spacial score (nSPS) is 14.8. The Labute approximate surface area is 293 Å². The number of aliphatic hydroxyl groups excluding tert-OH is 2. The van der Waals surface area contributed by atoms with Crippen molar-refractivity contribution in [2.75, 3.05) is 26.4 Å². The molecule has 280 valence electrons. The lowest BCUT2D eigenvalue weighted by Gasteiger charge is -2.30. The molecule has 0 aromatic rings. The highest BCUT2D eigenvalue weighted by Gasteiger charge is 2.30. The van der Waals surface area contributed by atoms with Crippen LogP contribution in [0, 0.1) is 0 Å². The number of hydrogen-bond donors (Lipinski definition) is 4. The van der Waals surface area contributed by atoms with E-state index in [2.05, 4.69) is 38.2 Å². The van der Waals surface area contributed by atoms with Crippen LogP contribution in [-0.2, 0) is 4.74 Å². The molecule has 4 N–H and O–H groups in total. The zero-order chi connectivity index (χ0) is 34.6. The molecule has 5 heteroatoms. The third-order valence-electron chi connectivity index (χ3n) is 9.64. The summed E-state index contributed by atoms with van der Waals surface area (Å²) in [6.07, 6.45) is 44.9.